The average molecular weight is 342 g/mol. The van der Waals surface area contributed by atoms with Crippen molar-refractivity contribution in [3.8, 4) is 0 Å². The maximum Gasteiger partial charge on any atom is 0.235 e. The lowest BCUT2D eigenvalue weighted by molar-refractivity contribution is -0.121. The van der Waals surface area contributed by atoms with E-state index in [1.54, 1.807) is 0 Å². The third-order valence-corrected chi connectivity index (χ3v) is 5.37. The molecule has 1 aromatic carbocycles. The SMILES string of the molecule is Cc1ccc2c(c1I)NC(=O)C21CCNCC1. The second-order valence-corrected chi connectivity index (χ2v) is 5.98. The molecule has 2 N–H and O–H groups in total. The Morgan fingerprint density at radius 1 is 1.29 bits per heavy atom. The molecule has 0 bridgehead atoms. The van der Waals surface area contributed by atoms with Crippen LogP contribution in [-0.2, 0) is 10.2 Å². The zero-order valence-corrected chi connectivity index (χ0v) is 11.9. The van der Waals surface area contributed by atoms with Gasteiger partial charge in [0.15, 0.2) is 0 Å². The summed E-state index contributed by atoms with van der Waals surface area (Å²) in [6.07, 6.45) is 1.82. The van der Waals surface area contributed by atoms with Gasteiger partial charge in [0.2, 0.25) is 5.91 Å². The first-order chi connectivity index (χ1) is 8.15. The molecule has 3 nitrogen and oxygen atoms in total. The highest BCUT2D eigenvalue weighted by Gasteiger charge is 2.47. The summed E-state index contributed by atoms with van der Waals surface area (Å²) in [6.45, 7) is 3.94. The Bertz CT molecular complexity index is 492. The molecule has 4 heteroatoms. The van der Waals surface area contributed by atoms with Gasteiger partial charge in [0.1, 0.15) is 0 Å². The zero-order valence-electron chi connectivity index (χ0n) is 9.77. The molecule has 2 aliphatic rings. The summed E-state index contributed by atoms with van der Waals surface area (Å²) in [5, 5.41) is 6.42. The maximum absolute atomic E-state index is 12.3. The third kappa shape index (κ3) is 1.53. The Hall–Kier alpha value is -0.620. The molecule has 2 heterocycles. The van der Waals surface area contributed by atoms with Gasteiger partial charge in [0.25, 0.3) is 0 Å². The topological polar surface area (TPSA) is 41.1 Å². The lowest BCUT2D eigenvalue weighted by atomic mass is 9.74. The van der Waals surface area contributed by atoms with Crippen molar-refractivity contribution in [2.24, 2.45) is 0 Å². The summed E-state index contributed by atoms with van der Waals surface area (Å²) in [5.74, 6) is 0.192. The lowest BCUT2D eigenvalue weighted by Gasteiger charge is -2.32. The molecule has 1 aromatic rings. The van der Waals surface area contributed by atoms with Crippen LogP contribution in [0, 0.1) is 10.5 Å². The van der Waals surface area contributed by atoms with Gasteiger partial charge in [-0.05, 0) is 66.6 Å². The summed E-state index contributed by atoms with van der Waals surface area (Å²) in [7, 11) is 0. The second-order valence-electron chi connectivity index (χ2n) is 4.91. The normalized spacial score (nSPS) is 21.4. The molecule has 90 valence electrons. The Balaban J connectivity index is 2.16. The van der Waals surface area contributed by atoms with Crippen LogP contribution in [0.5, 0.6) is 0 Å². The largest absolute Gasteiger partial charge is 0.324 e. The smallest absolute Gasteiger partial charge is 0.235 e. The first-order valence-electron chi connectivity index (χ1n) is 5.97. The number of amides is 1. The van der Waals surface area contributed by atoms with Crippen molar-refractivity contribution in [3.63, 3.8) is 0 Å². The summed E-state index contributed by atoms with van der Waals surface area (Å²) < 4.78 is 1.18. The minimum Gasteiger partial charge on any atom is -0.324 e. The Labute approximate surface area is 114 Å². The molecule has 0 aliphatic carbocycles. The van der Waals surface area contributed by atoms with Crippen LogP contribution in [0.15, 0.2) is 12.1 Å². The third-order valence-electron chi connectivity index (χ3n) is 3.98. The van der Waals surface area contributed by atoms with E-state index in [0.717, 1.165) is 31.6 Å². The van der Waals surface area contributed by atoms with E-state index in [9.17, 15) is 4.79 Å². The summed E-state index contributed by atoms with van der Waals surface area (Å²) in [5.41, 5.74) is 3.22. The molecule has 1 saturated heterocycles. The van der Waals surface area contributed by atoms with E-state index in [1.165, 1.54) is 14.7 Å². The van der Waals surface area contributed by atoms with Crippen LogP contribution in [-0.4, -0.2) is 19.0 Å². The number of anilines is 1. The maximum atomic E-state index is 12.3. The quantitative estimate of drug-likeness (QED) is 0.710. The summed E-state index contributed by atoms with van der Waals surface area (Å²) in [4.78, 5) is 12.3. The standard InChI is InChI=1S/C13H15IN2O/c1-8-2-3-9-11(10(8)14)16-12(17)13(9)4-6-15-7-5-13/h2-3,15H,4-7H2,1H3,(H,16,17). The minimum absolute atomic E-state index is 0.192. The molecule has 3 rings (SSSR count). The van der Waals surface area contributed by atoms with Gasteiger partial charge in [-0.2, -0.15) is 0 Å². The van der Waals surface area contributed by atoms with Crippen molar-refractivity contribution in [3.05, 3.63) is 26.8 Å². The fraction of sp³-hybridized carbons (Fsp3) is 0.462. The van der Waals surface area contributed by atoms with Gasteiger partial charge in [-0.25, -0.2) is 0 Å². The van der Waals surface area contributed by atoms with E-state index in [4.69, 9.17) is 0 Å². The van der Waals surface area contributed by atoms with Crippen molar-refractivity contribution in [1.82, 2.24) is 5.32 Å². The monoisotopic (exact) mass is 342 g/mol. The number of benzene rings is 1. The lowest BCUT2D eigenvalue weighted by Crippen LogP contribution is -2.44. The molecule has 2 aliphatic heterocycles. The van der Waals surface area contributed by atoms with E-state index in [0.29, 0.717) is 0 Å². The summed E-state index contributed by atoms with van der Waals surface area (Å²) >= 11 is 2.33. The van der Waals surface area contributed by atoms with Gasteiger partial charge in [-0.1, -0.05) is 12.1 Å². The summed E-state index contributed by atoms with van der Waals surface area (Å²) in [6, 6.07) is 4.26. The van der Waals surface area contributed by atoms with Crippen LogP contribution >= 0.6 is 22.6 Å². The highest BCUT2D eigenvalue weighted by molar-refractivity contribution is 14.1. The number of nitrogens with one attached hydrogen (secondary N) is 2. The number of piperidine rings is 1. The number of aryl methyl sites for hydroxylation is 1. The van der Waals surface area contributed by atoms with E-state index >= 15 is 0 Å². The molecule has 0 unspecified atom stereocenters. The Kier molecular flexibility index (Phi) is 2.66. The highest BCUT2D eigenvalue weighted by Crippen LogP contribution is 2.46. The molecular formula is C13H15IN2O. The van der Waals surface area contributed by atoms with Gasteiger partial charge in [-0.15, -0.1) is 0 Å². The Morgan fingerprint density at radius 3 is 2.71 bits per heavy atom. The highest BCUT2D eigenvalue weighted by atomic mass is 127. The number of halogens is 1. The predicted octanol–water partition coefficient (Wildman–Crippen LogP) is 2.17. The van der Waals surface area contributed by atoms with Crippen LogP contribution < -0.4 is 10.6 Å². The molecule has 17 heavy (non-hydrogen) atoms. The molecule has 0 radical (unpaired) electrons. The second kappa shape index (κ2) is 3.95. The average Bonchev–Trinajstić information content (AvgIpc) is 2.60. The van der Waals surface area contributed by atoms with E-state index in [1.807, 2.05) is 0 Å². The molecule has 1 spiro atoms. The number of hydrogen-bond acceptors (Lipinski definition) is 2. The first-order valence-corrected chi connectivity index (χ1v) is 7.05. The van der Waals surface area contributed by atoms with Gasteiger partial charge in [0, 0.05) is 3.57 Å². The zero-order chi connectivity index (χ0) is 12.0. The van der Waals surface area contributed by atoms with Crippen molar-refractivity contribution in [1.29, 1.82) is 0 Å². The number of hydrogen-bond donors (Lipinski definition) is 2. The van der Waals surface area contributed by atoms with Crippen molar-refractivity contribution in [2.45, 2.75) is 25.2 Å². The van der Waals surface area contributed by atoms with Crippen molar-refractivity contribution >= 4 is 34.2 Å². The number of carbonyl (C=O) groups excluding carboxylic acids is 1. The Morgan fingerprint density at radius 2 is 2.00 bits per heavy atom. The molecule has 0 aromatic heterocycles. The number of rotatable bonds is 0. The number of fused-ring (bicyclic) bond motifs is 2. The van der Waals surface area contributed by atoms with Gasteiger partial charge < -0.3 is 10.6 Å². The fourth-order valence-corrected chi connectivity index (χ4v) is 3.51. The van der Waals surface area contributed by atoms with Gasteiger partial charge >= 0.3 is 0 Å². The minimum atomic E-state index is -0.270. The van der Waals surface area contributed by atoms with Gasteiger partial charge in [-0.3, -0.25) is 4.79 Å². The molecule has 1 fully saturated rings. The van der Waals surface area contributed by atoms with Gasteiger partial charge in [0.05, 0.1) is 11.1 Å². The van der Waals surface area contributed by atoms with E-state index in [-0.39, 0.29) is 11.3 Å². The van der Waals surface area contributed by atoms with E-state index in [2.05, 4.69) is 52.3 Å². The van der Waals surface area contributed by atoms with Crippen LogP contribution in [0.3, 0.4) is 0 Å². The van der Waals surface area contributed by atoms with Crippen LogP contribution in [0.25, 0.3) is 0 Å². The van der Waals surface area contributed by atoms with E-state index < -0.39 is 0 Å². The number of carbonyl (C=O) groups is 1. The fourth-order valence-electron chi connectivity index (χ4n) is 2.91. The van der Waals surface area contributed by atoms with Crippen LogP contribution in [0.4, 0.5) is 5.69 Å². The molecule has 0 saturated carbocycles. The molecule has 0 atom stereocenters. The first kappa shape index (κ1) is 11.5. The predicted molar refractivity (Wildman–Crippen MR) is 76.3 cm³/mol. The van der Waals surface area contributed by atoms with Crippen molar-refractivity contribution < 1.29 is 4.79 Å². The van der Waals surface area contributed by atoms with Crippen LogP contribution in [0.1, 0.15) is 24.0 Å². The molecular weight excluding hydrogens is 327 g/mol. The molecule has 1 amide bonds. The van der Waals surface area contributed by atoms with Crippen LogP contribution in [0.2, 0.25) is 0 Å². The van der Waals surface area contributed by atoms with Crippen molar-refractivity contribution in [2.75, 3.05) is 18.4 Å².